The van der Waals surface area contributed by atoms with Crippen LogP contribution in [0.2, 0.25) is 0 Å². The van der Waals surface area contributed by atoms with E-state index in [0.717, 1.165) is 46.3 Å². The fourth-order valence-corrected chi connectivity index (χ4v) is 4.36. The average Bonchev–Trinajstić information content (AvgIpc) is 3.20. The van der Waals surface area contributed by atoms with Crippen molar-refractivity contribution < 1.29 is 14.3 Å². The summed E-state index contributed by atoms with van der Waals surface area (Å²) >= 11 is 1.62. The summed E-state index contributed by atoms with van der Waals surface area (Å²) in [6, 6.07) is 14.1. The molecule has 0 saturated carbocycles. The van der Waals surface area contributed by atoms with Crippen molar-refractivity contribution in [1.29, 1.82) is 0 Å². The van der Waals surface area contributed by atoms with Crippen molar-refractivity contribution in [3.05, 3.63) is 58.4 Å². The number of hydrogen-bond acceptors (Lipinski definition) is 5. The zero-order chi connectivity index (χ0) is 21.8. The number of anilines is 1. The number of nitrogens with zero attached hydrogens (tertiary/aromatic N) is 2. The SMILES string of the molecule is CCC1Oc2ccc(-c3csc(C)n3)cc2N(CCCCOc2cccc(C)c2)C1=O. The van der Waals surface area contributed by atoms with E-state index in [4.69, 9.17) is 9.47 Å². The second-order valence-corrected chi connectivity index (χ2v) is 8.87. The molecule has 0 N–H and O–H groups in total. The third-order valence-electron chi connectivity index (χ3n) is 5.38. The van der Waals surface area contributed by atoms with E-state index < -0.39 is 6.10 Å². The molecule has 1 unspecified atom stereocenters. The summed E-state index contributed by atoms with van der Waals surface area (Å²) in [5.74, 6) is 1.68. The molecule has 0 aliphatic carbocycles. The van der Waals surface area contributed by atoms with Gasteiger partial charge in [0.1, 0.15) is 11.5 Å². The first-order valence-corrected chi connectivity index (χ1v) is 11.7. The predicted octanol–water partition coefficient (Wildman–Crippen LogP) is 5.79. The van der Waals surface area contributed by atoms with Crippen LogP contribution in [0.25, 0.3) is 11.3 Å². The van der Waals surface area contributed by atoms with Gasteiger partial charge in [-0.2, -0.15) is 0 Å². The molecule has 31 heavy (non-hydrogen) atoms. The van der Waals surface area contributed by atoms with E-state index in [9.17, 15) is 4.79 Å². The van der Waals surface area contributed by atoms with Crippen LogP contribution >= 0.6 is 11.3 Å². The lowest BCUT2D eigenvalue weighted by molar-refractivity contribution is -0.126. The number of thiazole rings is 1. The van der Waals surface area contributed by atoms with E-state index >= 15 is 0 Å². The number of amides is 1. The number of ether oxygens (including phenoxy) is 2. The topological polar surface area (TPSA) is 51.7 Å². The highest BCUT2D eigenvalue weighted by Gasteiger charge is 2.33. The molecule has 0 spiro atoms. The molecule has 5 nitrogen and oxygen atoms in total. The standard InChI is InChI=1S/C25H28N2O3S/c1-4-23-25(28)27(12-5-6-13-29-20-9-7-8-17(2)14-20)22-15-19(10-11-24(22)30-23)21-16-31-18(3)26-21/h7-11,14-16,23H,4-6,12-13H2,1-3H3. The maximum Gasteiger partial charge on any atom is 0.268 e. The molecule has 3 aromatic rings. The van der Waals surface area contributed by atoms with E-state index in [1.54, 1.807) is 11.3 Å². The highest BCUT2D eigenvalue weighted by atomic mass is 32.1. The van der Waals surface area contributed by atoms with Crippen molar-refractivity contribution in [2.24, 2.45) is 0 Å². The number of carbonyl (C=O) groups is 1. The normalized spacial score (nSPS) is 15.5. The van der Waals surface area contributed by atoms with Crippen LogP contribution in [0.5, 0.6) is 11.5 Å². The van der Waals surface area contributed by atoms with Gasteiger partial charge in [0.15, 0.2) is 6.10 Å². The molecule has 2 aromatic carbocycles. The predicted molar refractivity (Wildman–Crippen MR) is 125 cm³/mol. The van der Waals surface area contributed by atoms with Gasteiger partial charge in [-0.05, 0) is 69.0 Å². The summed E-state index contributed by atoms with van der Waals surface area (Å²) in [7, 11) is 0. The van der Waals surface area contributed by atoms with Crippen LogP contribution in [-0.2, 0) is 4.79 Å². The summed E-state index contributed by atoms with van der Waals surface area (Å²) in [4.78, 5) is 19.5. The lowest BCUT2D eigenvalue weighted by Gasteiger charge is -2.34. The van der Waals surface area contributed by atoms with Crippen molar-refractivity contribution in [3.63, 3.8) is 0 Å². The molecule has 6 heteroatoms. The minimum atomic E-state index is -0.427. The van der Waals surface area contributed by atoms with Crippen LogP contribution in [0.1, 0.15) is 36.8 Å². The largest absolute Gasteiger partial charge is 0.494 e. The molecule has 1 atom stereocenters. The third kappa shape index (κ3) is 4.90. The number of fused-ring (bicyclic) bond motifs is 1. The Hall–Kier alpha value is -2.86. The Morgan fingerprint density at radius 2 is 2.03 bits per heavy atom. The lowest BCUT2D eigenvalue weighted by atomic mass is 10.1. The molecule has 0 fully saturated rings. The number of aryl methyl sites for hydroxylation is 2. The molecule has 0 bridgehead atoms. The summed E-state index contributed by atoms with van der Waals surface area (Å²) in [5, 5.41) is 3.07. The van der Waals surface area contributed by atoms with Gasteiger partial charge in [-0.1, -0.05) is 19.1 Å². The molecule has 2 heterocycles. The van der Waals surface area contributed by atoms with Crippen LogP contribution in [-0.4, -0.2) is 30.1 Å². The summed E-state index contributed by atoms with van der Waals surface area (Å²) in [5.41, 5.74) is 3.95. The van der Waals surface area contributed by atoms with Crippen molar-refractivity contribution in [2.45, 2.75) is 46.1 Å². The Morgan fingerprint density at radius 1 is 1.16 bits per heavy atom. The van der Waals surface area contributed by atoms with E-state index in [1.165, 1.54) is 5.56 Å². The van der Waals surface area contributed by atoms with Gasteiger partial charge >= 0.3 is 0 Å². The second-order valence-electron chi connectivity index (χ2n) is 7.81. The average molecular weight is 437 g/mol. The van der Waals surface area contributed by atoms with Gasteiger partial charge in [0, 0.05) is 17.5 Å². The van der Waals surface area contributed by atoms with Crippen LogP contribution in [0.4, 0.5) is 5.69 Å². The maximum absolute atomic E-state index is 13.1. The fourth-order valence-electron chi connectivity index (χ4n) is 3.74. The second kappa shape index (κ2) is 9.52. The van der Waals surface area contributed by atoms with Crippen molar-refractivity contribution in [1.82, 2.24) is 4.98 Å². The molecule has 1 amide bonds. The van der Waals surface area contributed by atoms with E-state index in [2.05, 4.69) is 18.0 Å². The quantitative estimate of drug-likeness (QED) is 0.419. The van der Waals surface area contributed by atoms with Crippen LogP contribution < -0.4 is 14.4 Å². The first-order valence-electron chi connectivity index (χ1n) is 10.8. The molecule has 4 rings (SSSR count). The smallest absolute Gasteiger partial charge is 0.268 e. The Kier molecular flexibility index (Phi) is 6.56. The number of aromatic nitrogens is 1. The van der Waals surface area contributed by atoms with Gasteiger partial charge in [0.05, 0.1) is 23.0 Å². The molecule has 162 valence electrons. The first kappa shape index (κ1) is 21.4. The molecule has 0 radical (unpaired) electrons. The van der Waals surface area contributed by atoms with Crippen molar-refractivity contribution in [3.8, 4) is 22.8 Å². The Morgan fingerprint density at radius 3 is 2.77 bits per heavy atom. The van der Waals surface area contributed by atoms with E-state index in [0.29, 0.717) is 19.6 Å². The third-order valence-corrected chi connectivity index (χ3v) is 6.15. The van der Waals surface area contributed by atoms with Crippen molar-refractivity contribution >= 4 is 22.9 Å². The summed E-state index contributed by atoms with van der Waals surface area (Å²) < 4.78 is 11.8. The van der Waals surface area contributed by atoms with E-state index in [-0.39, 0.29) is 5.91 Å². The number of benzene rings is 2. The Labute approximate surface area is 187 Å². The van der Waals surface area contributed by atoms with Gasteiger partial charge in [-0.15, -0.1) is 11.3 Å². The Bertz CT molecular complexity index is 1060. The number of rotatable bonds is 8. The van der Waals surface area contributed by atoms with Crippen LogP contribution in [0, 0.1) is 13.8 Å². The van der Waals surface area contributed by atoms with Crippen LogP contribution in [0.3, 0.4) is 0 Å². The van der Waals surface area contributed by atoms with Gasteiger partial charge < -0.3 is 14.4 Å². The lowest BCUT2D eigenvalue weighted by Crippen LogP contribution is -2.46. The first-order chi connectivity index (χ1) is 15.0. The van der Waals surface area contributed by atoms with Gasteiger partial charge in [0.25, 0.3) is 5.91 Å². The number of hydrogen-bond donors (Lipinski definition) is 0. The summed E-state index contributed by atoms with van der Waals surface area (Å²) in [6.07, 6.45) is 1.95. The highest BCUT2D eigenvalue weighted by Crippen LogP contribution is 2.38. The number of carbonyl (C=O) groups excluding carboxylic acids is 1. The minimum absolute atomic E-state index is 0.0289. The molecule has 1 aliphatic heterocycles. The monoisotopic (exact) mass is 436 g/mol. The molecular weight excluding hydrogens is 408 g/mol. The van der Waals surface area contributed by atoms with Gasteiger partial charge in [-0.25, -0.2) is 4.98 Å². The zero-order valence-corrected chi connectivity index (χ0v) is 19.1. The molecular formula is C25H28N2O3S. The maximum atomic E-state index is 13.1. The zero-order valence-electron chi connectivity index (χ0n) is 18.3. The summed E-state index contributed by atoms with van der Waals surface area (Å²) in [6.45, 7) is 7.30. The highest BCUT2D eigenvalue weighted by molar-refractivity contribution is 7.09. The van der Waals surface area contributed by atoms with Crippen molar-refractivity contribution in [2.75, 3.05) is 18.1 Å². The van der Waals surface area contributed by atoms with E-state index in [1.807, 2.05) is 60.5 Å². The van der Waals surface area contributed by atoms with Crippen LogP contribution in [0.15, 0.2) is 47.8 Å². The molecule has 1 aliphatic rings. The molecule has 0 saturated heterocycles. The molecule has 1 aromatic heterocycles. The Balaban J connectivity index is 1.45. The van der Waals surface area contributed by atoms with Gasteiger partial charge in [-0.3, -0.25) is 4.79 Å². The van der Waals surface area contributed by atoms with Gasteiger partial charge in [0.2, 0.25) is 0 Å². The fraction of sp³-hybridized carbons (Fsp3) is 0.360. The number of unbranched alkanes of at least 4 members (excludes halogenated alkanes) is 1. The minimum Gasteiger partial charge on any atom is -0.494 e.